The maximum Gasteiger partial charge on any atom is 0.106 e. The van der Waals surface area contributed by atoms with Crippen LogP contribution < -0.4 is 0 Å². The minimum Gasteiger partial charge on any atom is -0.382 e. The molecule has 0 saturated heterocycles. The summed E-state index contributed by atoms with van der Waals surface area (Å²) in [6.07, 6.45) is 7.30. The van der Waals surface area contributed by atoms with E-state index in [1.54, 1.807) is 7.11 Å². The zero-order valence-corrected chi connectivity index (χ0v) is 11.3. The highest BCUT2D eigenvalue weighted by Crippen LogP contribution is 2.26. The number of hydrogen-bond acceptors (Lipinski definition) is 2. The summed E-state index contributed by atoms with van der Waals surface area (Å²) in [4.78, 5) is 8.23. The highest BCUT2D eigenvalue weighted by molar-refractivity contribution is 5.18. The van der Waals surface area contributed by atoms with Gasteiger partial charge in [0.2, 0.25) is 0 Å². The summed E-state index contributed by atoms with van der Waals surface area (Å²) in [5.74, 6) is 2.00. The fourth-order valence-corrected chi connectivity index (χ4v) is 2.54. The number of methoxy groups -OCH3 is 1. The molecule has 0 bridgehead atoms. The van der Waals surface area contributed by atoms with Gasteiger partial charge in [-0.3, -0.25) is 0 Å². The zero-order chi connectivity index (χ0) is 12.3. The van der Waals surface area contributed by atoms with Gasteiger partial charge in [-0.1, -0.05) is 13.3 Å². The fraction of sp³-hybridized carbons (Fsp3) is 0.786. The van der Waals surface area contributed by atoms with Crippen molar-refractivity contribution >= 4 is 0 Å². The predicted molar refractivity (Wildman–Crippen MR) is 69.2 cm³/mol. The SMILES string of the molecule is CCC1CCc2nc(CCC(C)OC)[nH]c2C1. The molecule has 0 aliphatic heterocycles. The Morgan fingerprint density at radius 1 is 1.53 bits per heavy atom. The number of H-pyrrole nitrogens is 1. The second-order valence-corrected chi connectivity index (χ2v) is 5.21. The lowest BCUT2D eigenvalue weighted by atomic mass is 9.88. The number of rotatable bonds is 5. The van der Waals surface area contributed by atoms with Crippen molar-refractivity contribution in [3.8, 4) is 0 Å². The van der Waals surface area contributed by atoms with Gasteiger partial charge in [-0.25, -0.2) is 4.98 Å². The molecule has 2 unspecified atom stereocenters. The first-order chi connectivity index (χ1) is 8.22. The average Bonchev–Trinajstić information content (AvgIpc) is 2.77. The minimum atomic E-state index is 0.320. The van der Waals surface area contributed by atoms with Gasteiger partial charge in [0.15, 0.2) is 0 Å². The second kappa shape index (κ2) is 5.67. The Hall–Kier alpha value is -0.830. The van der Waals surface area contributed by atoms with Crippen molar-refractivity contribution in [2.75, 3.05) is 7.11 Å². The first-order valence-electron chi connectivity index (χ1n) is 6.82. The van der Waals surface area contributed by atoms with Crippen LogP contribution in [0.3, 0.4) is 0 Å². The van der Waals surface area contributed by atoms with Crippen LogP contribution in [0.4, 0.5) is 0 Å². The Bertz CT molecular complexity index is 359. The normalized spacial score (nSPS) is 21.2. The van der Waals surface area contributed by atoms with Crippen LogP contribution >= 0.6 is 0 Å². The third kappa shape index (κ3) is 3.09. The van der Waals surface area contributed by atoms with Crippen molar-refractivity contribution in [3.05, 3.63) is 17.2 Å². The largest absolute Gasteiger partial charge is 0.382 e. The van der Waals surface area contributed by atoms with Crippen LogP contribution in [0, 0.1) is 5.92 Å². The molecule has 0 amide bonds. The predicted octanol–water partition coefficient (Wildman–Crippen LogP) is 2.89. The van der Waals surface area contributed by atoms with E-state index in [0.29, 0.717) is 6.10 Å². The van der Waals surface area contributed by atoms with Crippen LogP contribution in [0.5, 0.6) is 0 Å². The van der Waals surface area contributed by atoms with Crippen molar-refractivity contribution in [3.63, 3.8) is 0 Å². The Morgan fingerprint density at radius 2 is 2.35 bits per heavy atom. The van der Waals surface area contributed by atoms with Crippen molar-refractivity contribution < 1.29 is 4.74 Å². The van der Waals surface area contributed by atoms with E-state index >= 15 is 0 Å². The molecular formula is C14H24N2O. The number of aromatic nitrogens is 2. The van der Waals surface area contributed by atoms with Gasteiger partial charge in [0.05, 0.1) is 11.8 Å². The molecule has 3 nitrogen and oxygen atoms in total. The molecule has 2 rings (SSSR count). The number of aryl methyl sites for hydroxylation is 2. The first-order valence-corrected chi connectivity index (χ1v) is 6.82. The Morgan fingerprint density at radius 3 is 3.06 bits per heavy atom. The standard InChI is InChI=1S/C14H24N2O/c1-4-11-6-7-12-13(9-11)16-14(15-12)8-5-10(2)17-3/h10-11H,4-9H2,1-3H3,(H,15,16). The molecule has 1 N–H and O–H groups in total. The number of imidazole rings is 1. The molecule has 0 aromatic carbocycles. The summed E-state index contributed by atoms with van der Waals surface area (Å²) in [7, 11) is 1.77. The van der Waals surface area contributed by atoms with Gasteiger partial charge in [-0.2, -0.15) is 0 Å². The molecule has 1 aliphatic rings. The summed E-state index contributed by atoms with van der Waals surface area (Å²) in [5, 5.41) is 0. The number of fused-ring (bicyclic) bond motifs is 1. The quantitative estimate of drug-likeness (QED) is 0.853. The summed E-state index contributed by atoms with van der Waals surface area (Å²) in [5.41, 5.74) is 2.71. The van der Waals surface area contributed by atoms with Gasteiger partial charge >= 0.3 is 0 Å². The lowest BCUT2D eigenvalue weighted by Crippen LogP contribution is -2.12. The van der Waals surface area contributed by atoms with Crippen LogP contribution in [-0.2, 0) is 24.0 Å². The molecule has 0 spiro atoms. The maximum absolute atomic E-state index is 5.27. The number of ether oxygens (including phenoxy) is 1. The van der Waals surface area contributed by atoms with Crippen LogP contribution in [-0.4, -0.2) is 23.2 Å². The van der Waals surface area contributed by atoms with Gasteiger partial charge in [-0.15, -0.1) is 0 Å². The number of hydrogen-bond donors (Lipinski definition) is 1. The summed E-state index contributed by atoms with van der Waals surface area (Å²) in [6, 6.07) is 0. The molecule has 1 aromatic heterocycles. The van der Waals surface area contributed by atoms with Gasteiger partial charge in [0.1, 0.15) is 5.82 Å². The monoisotopic (exact) mass is 236 g/mol. The Balaban J connectivity index is 1.95. The molecule has 3 heteroatoms. The van der Waals surface area contributed by atoms with Crippen molar-refractivity contribution in [1.29, 1.82) is 0 Å². The Kier molecular flexibility index (Phi) is 4.21. The lowest BCUT2D eigenvalue weighted by molar-refractivity contribution is 0.111. The molecule has 2 atom stereocenters. The van der Waals surface area contributed by atoms with E-state index in [1.807, 2.05) is 0 Å². The number of nitrogens with zero attached hydrogens (tertiary/aromatic N) is 1. The van der Waals surface area contributed by atoms with Gasteiger partial charge in [-0.05, 0) is 38.5 Å². The van der Waals surface area contributed by atoms with Crippen LogP contribution in [0.1, 0.15) is 50.3 Å². The van der Waals surface area contributed by atoms with E-state index in [9.17, 15) is 0 Å². The lowest BCUT2D eigenvalue weighted by Gasteiger charge is -2.19. The summed E-state index contributed by atoms with van der Waals surface area (Å²) in [6.45, 7) is 4.39. The second-order valence-electron chi connectivity index (χ2n) is 5.21. The van der Waals surface area contributed by atoms with Gasteiger partial charge in [0.25, 0.3) is 0 Å². The third-order valence-corrected chi connectivity index (χ3v) is 3.96. The van der Waals surface area contributed by atoms with E-state index in [0.717, 1.165) is 31.0 Å². The van der Waals surface area contributed by atoms with Crippen molar-refractivity contribution in [1.82, 2.24) is 9.97 Å². The molecular weight excluding hydrogens is 212 g/mol. The molecule has 0 radical (unpaired) electrons. The van der Waals surface area contributed by atoms with E-state index < -0.39 is 0 Å². The molecule has 17 heavy (non-hydrogen) atoms. The molecule has 1 aliphatic carbocycles. The molecule has 1 heterocycles. The topological polar surface area (TPSA) is 37.9 Å². The zero-order valence-electron chi connectivity index (χ0n) is 11.3. The minimum absolute atomic E-state index is 0.320. The third-order valence-electron chi connectivity index (χ3n) is 3.96. The van der Waals surface area contributed by atoms with E-state index in [2.05, 4.69) is 18.8 Å². The molecule has 1 aromatic rings. The van der Waals surface area contributed by atoms with Gasteiger partial charge in [0, 0.05) is 19.2 Å². The summed E-state index contributed by atoms with van der Waals surface area (Å²) < 4.78 is 5.27. The molecule has 96 valence electrons. The molecule has 0 fully saturated rings. The van der Waals surface area contributed by atoms with Crippen LogP contribution in [0.25, 0.3) is 0 Å². The highest BCUT2D eigenvalue weighted by Gasteiger charge is 2.20. The first kappa shape index (κ1) is 12.6. The number of nitrogens with one attached hydrogen (secondary N) is 1. The van der Waals surface area contributed by atoms with E-state index in [4.69, 9.17) is 9.72 Å². The fourth-order valence-electron chi connectivity index (χ4n) is 2.54. The van der Waals surface area contributed by atoms with E-state index in [1.165, 1.54) is 30.7 Å². The smallest absolute Gasteiger partial charge is 0.106 e. The van der Waals surface area contributed by atoms with Crippen LogP contribution in [0.15, 0.2) is 0 Å². The van der Waals surface area contributed by atoms with Gasteiger partial charge < -0.3 is 9.72 Å². The highest BCUT2D eigenvalue weighted by atomic mass is 16.5. The molecule has 0 saturated carbocycles. The summed E-state index contributed by atoms with van der Waals surface area (Å²) >= 11 is 0. The average molecular weight is 236 g/mol. The van der Waals surface area contributed by atoms with Crippen molar-refractivity contribution in [2.45, 2.75) is 58.5 Å². The van der Waals surface area contributed by atoms with Crippen molar-refractivity contribution in [2.24, 2.45) is 5.92 Å². The number of aromatic amines is 1. The van der Waals surface area contributed by atoms with E-state index in [-0.39, 0.29) is 0 Å². The maximum atomic E-state index is 5.27. The Labute approximate surface area is 104 Å². The van der Waals surface area contributed by atoms with Crippen LogP contribution in [0.2, 0.25) is 0 Å².